The summed E-state index contributed by atoms with van der Waals surface area (Å²) in [6.07, 6.45) is 2.03. The van der Waals surface area contributed by atoms with Crippen LogP contribution >= 0.6 is 23.2 Å². The van der Waals surface area contributed by atoms with Crippen LogP contribution in [0.1, 0.15) is 42.4 Å². The molecule has 10 heteroatoms. The number of hydrogen-bond acceptors (Lipinski definition) is 5. The number of aryl methyl sites for hydroxylation is 2. The summed E-state index contributed by atoms with van der Waals surface area (Å²) in [6, 6.07) is 8.32. The number of allylic oxidation sites excluding steroid dienone is 2. The molecule has 7 nitrogen and oxygen atoms in total. The van der Waals surface area contributed by atoms with Crippen LogP contribution < -0.4 is 4.90 Å². The molecule has 2 aromatic carbocycles. The van der Waals surface area contributed by atoms with Gasteiger partial charge in [0.05, 0.1) is 17.5 Å². The number of nitrogens with zero attached hydrogens (tertiary/aromatic N) is 2. The molecule has 1 N–H and O–H groups in total. The first kappa shape index (κ1) is 27.0. The molecular weight excluding hydrogens is 558 g/mol. The van der Waals surface area contributed by atoms with Gasteiger partial charge >= 0.3 is 0 Å². The quantitative estimate of drug-likeness (QED) is 0.320. The Hall–Kier alpha value is -3.23. The molecule has 0 radical (unpaired) electrons. The van der Waals surface area contributed by atoms with Gasteiger partial charge in [0.1, 0.15) is 11.6 Å². The van der Waals surface area contributed by atoms with E-state index in [1.165, 1.54) is 17.0 Å². The predicted molar refractivity (Wildman–Crippen MR) is 147 cm³/mol. The van der Waals surface area contributed by atoms with Crippen LogP contribution in [0.4, 0.5) is 10.1 Å². The average Bonchev–Trinajstić information content (AvgIpc) is 3.25. The van der Waals surface area contributed by atoms with E-state index >= 15 is 0 Å². The molecule has 6 rings (SSSR count). The summed E-state index contributed by atoms with van der Waals surface area (Å²) < 4.78 is 13.7. The van der Waals surface area contributed by atoms with E-state index in [-0.39, 0.29) is 42.6 Å². The number of imide groups is 2. The van der Waals surface area contributed by atoms with Crippen molar-refractivity contribution in [1.82, 2.24) is 4.90 Å². The van der Waals surface area contributed by atoms with E-state index in [4.69, 9.17) is 23.2 Å². The standard InChI is InChI=1S/C30H27Cl2FN2O5/c1-4-34-25(37)20-10-9-19-21(22(20)26(34)38)13-29(31)27(39)35(18-7-5-17(33)6-8-18)28(40)30(29,32)23(19)16-11-14(2)24(36)15(3)12-16/h5-9,11-12,20-23,36H,4,10,13H2,1-3H3/t20-,21+,22-,23-,29+,30-/m0/s1. The zero-order chi connectivity index (χ0) is 28.9. The Labute approximate surface area is 240 Å². The summed E-state index contributed by atoms with van der Waals surface area (Å²) in [5.41, 5.74) is 2.46. The third kappa shape index (κ3) is 3.29. The van der Waals surface area contributed by atoms with Crippen LogP contribution in [0.15, 0.2) is 48.0 Å². The number of rotatable bonds is 3. The van der Waals surface area contributed by atoms with Crippen LogP contribution in [-0.4, -0.2) is 49.9 Å². The number of anilines is 1. The molecule has 4 amide bonds. The zero-order valence-electron chi connectivity index (χ0n) is 22.1. The Morgan fingerprint density at radius 2 is 1.60 bits per heavy atom. The largest absolute Gasteiger partial charge is 0.507 e. The number of phenols is 1. The Morgan fingerprint density at radius 3 is 2.20 bits per heavy atom. The van der Waals surface area contributed by atoms with Crippen molar-refractivity contribution in [2.75, 3.05) is 11.4 Å². The van der Waals surface area contributed by atoms with E-state index in [1.54, 1.807) is 32.9 Å². The number of aromatic hydroxyl groups is 1. The number of fused-ring (bicyclic) bond motifs is 4. The number of benzene rings is 2. The molecule has 2 aliphatic heterocycles. The minimum Gasteiger partial charge on any atom is -0.507 e. The lowest BCUT2D eigenvalue weighted by Gasteiger charge is -2.50. The number of phenolic OH excluding ortho intramolecular Hbond substituents is 1. The summed E-state index contributed by atoms with van der Waals surface area (Å²) in [6.45, 7) is 5.40. The van der Waals surface area contributed by atoms with Crippen LogP contribution in [-0.2, 0) is 19.2 Å². The second kappa shape index (κ2) is 8.88. The Kier molecular flexibility index (Phi) is 5.99. The first-order chi connectivity index (χ1) is 18.9. The fourth-order valence-corrected chi connectivity index (χ4v) is 8.24. The van der Waals surface area contributed by atoms with E-state index < -0.39 is 51.1 Å². The van der Waals surface area contributed by atoms with E-state index in [1.807, 2.05) is 6.08 Å². The summed E-state index contributed by atoms with van der Waals surface area (Å²) in [4.78, 5) is 53.3. The van der Waals surface area contributed by atoms with E-state index in [0.717, 1.165) is 17.0 Å². The Morgan fingerprint density at radius 1 is 0.975 bits per heavy atom. The molecule has 3 fully saturated rings. The van der Waals surface area contributed by atoms with Gasteiger partial charge in [-0.3, -0.25) is 24.1 Å². The molecule has 6 atom stereocenters. The van der Waals surface area contributed by atoms with Gasteiger partial charge in [0.2, 0.25) is 11.8 Å². The fraction of sp³-hybridized carbons (Fsp3) is 0.400. The van der Waals surface area contributed by atoms with Gasteiger partial charge in [0.15, 0.2) is 9.75 Å². The lowest BCUT2D eigenvalue weighted by atomic mass is 9.56. The number of carbonyl (C=O) groups is 4. The SMILES string of the molecule is CCN1C(=O)[C@H]2[C@H](CC=C3[C@H]2C[C@@]2(Cl)C(=O)N(c4ccc(F)cc4)C(=O)[C@@]2(Cl)[C@H]3c2cc(C)c(O)c(C)c2)C1=O. The summed E-state index contributed by atoms with van der Waals surface area (Å²) in [5.74, 6) is -5.43. The molecule has 0 spiro atoms. The molecule has 0 unspecified atom stereocenters. The van der Waals surface area contributed by atoms with Crippen LogP contribution in [0.25, 0.3) is 0 Å². The molecule has 208 valence electrons. The second-order valence-electron chi connectivity index (χ2n) is 11.2. The molecule has 2 heterocycles. The second-order valence-corrected chi connectivity index (χ2v) is 12.4. The number of alkyl halides is 2. The predicted octanol–water partition coefficient (Wildman–Crippen LogP) is 4.73. The normalized spacial score (nSPS) is 33.2. The maximum absolute atomic E-state index is 14.3. The first-order valence-electron chi connectivity index (χ1n) is 13.2. The average molecular weight is 585 g/mol. The van der Waals surface area contributed by atoms with Crippen LogP contribution in [0.5, 0.6) is 5.75 Å². The van der Waals surface area contributed by atoms with Crippen LogP contribution in [0, 0.1) is 37.4 Å². The number of likely N-dealkylation sites (tertiary alicyclic amines) is 1. The monoisotopic (exact) mass is 584 g/mol. The van der Waals surface area contributed by atoms with Gasteiger partial charge < -0.3 is 5.11 Å². The van der Waals surface area contributed by atoms with Crippen molar-refractivity contribution in [3.05, 3.63) is 70.6 Å². The van der Waals surface area contributed by atoms with E-state index in [2.05, 4.69) is 0 Å². The fourth-order valence-electron chi connectivity index (χ4n) is 7.31. The highest BCUT2D eigenvalue weighted by Gasteiger charge is 2.76. The summed E-state index contributed by atoms with van der Waals surface area (Å²) in [5, 5.41) is 10.5. The first-order valence-corrected chi connectivity index (χ1v) is 14.0. The lowest BCUT2D eigenvalue weighted by Crippen LogP contribution is -2.60. The minimum atomic E-state index is -2.00. The van der Waals surface area contributed by atoms with Crippen molar-refractivity contribution in [2.24, 2.45) is 17.8 Å². The van der Waals surface area contributed by atoms with Crippen molar-refractivity contribution in [3.63, 3.8) is 0 Å². The molecule has 40 heavy (non-hydrogen) atoms. The van der Waals surface area contributed by atoms with Crippen molar-refractivity contribution >= 4 is 52.5 Å². The topological polar surface area (TPSA) is 95.0 Å². The van der Waals surface area contributed by atoms with Crippen LogP contribution in [0.3, 0.4) is 0 Å². The highest BCUT2D eigenvalue weighted by atomic mass is 35.5. The molecular formula is C30H27Cl2FN2O5. The van der Waals surface area contributed by atoms with Gasteiger partial charge in [-0.05, 0) is 80.5 Å². The van der Waals surface area contributed by atoms with Gasteiger partial charge in [0.25, 0.3) is 11.8 Å². The zero-order valence-corrected chi connectivity index (χ0v) is 23.6. The maximum atomic E-state index is 14.3. The number of hydrogen-bond donors (Lipinski definition) is 1. The highest BCUT2D eigenvalue weighted by molar-refractivity contribution is 6.58. The summed E-state index contributed by atoms with van der Waals surface area (Å²) in [7, 11) is 0. The molecule has 2 saturated heterocycles. The molecule has 2 aromatic rings. The molecule has 0 bridgehead atoms. The van der Waals surface area contributed by atoms with Gasteiger partial charge in [-0.15, -0.1) is 23.2 Å². The summed E-state index contributed by atoms with van der Waals surface area (Å²) >= 11 is 14.6. The van der Waals surface area contributed by atoms with Crippen molar-refractivity contribution in [1.29, 1.82) is 0 Å². The Balaban J connectivity index is 1.59. The maximum Gasteiger partial charge on any atom is 0.258 e. The van der Waals surface area contributed by atoms with Gasteiger partial charge in [-0.1, -0.05) is 23.8 Å². The van der Waals surface area contributed by atoms with E-state index in [0.29, 0.717) is 22.3 Å². The van der Waals surface area contributed by atoms with Crippen LogP contribution in [0.2, 0.25) is 0 Å². The number of carbonyl (C=O) groups excluding carboxylic acids is 4. The van der Waals surface area contributed by atoms with Gasteiger partial charge in [-0.25, -0.2) is 9.29 Å². The Bertz CT molecular complexity index is 1520. The number of amides is 4. The van der Waals surface area contributed by atoms with Crippen molar-refractivity contribution in [2.45, 2.75) is 49.3 Å². The molecule has 1 saturated carbocycles. The number of halogens is 3. The van der Waals surface area contributed by atoms with Gasteiger partial charge in [-0.2, -0.15) is 0 Å². The molecule has 4 aliphatic rings. The van der Waals surface area contributed by atoms with Crippen molar-refractivity contribution < 1.29 is 28.7 Å². The van der Waals surface area contributed by atoms with Crippen molar-refractivity contribution in [3.8, 4) is 5.75 Å². The van der Waals surface area contributed by atoms with Gasteiger partial charge in [0, 0.05) is 12.5 Å². The third-order valence-electron chi connectivity index (χ3n) is 9.15. The molecule has 2 aliphatic carbocycles. The molecule has 0 aromatic heterocycles. The minimum absolute atomic E-state index is 0.0893. The third-order valence-corrected chi connectivity index (χ3v) is 10.6. The highest BCUT2D eigenvalue weighted by Crippen LogP contribution is 2.66. The lowest BCUT2D eigenvalue weighted by molar-refractivity contribution is -0.140. The van der Waals surface area contributed by atoms with E-state index in [9.17, 15) is 28.7 Å². The smallest absolute Gasteiger partial charge is 0.258 e.